The zero-order valence-electron chi connectivity index (χ0n) is 12.2. The van der Waals surface area contributed by atoms with Crippen molar-refractivity contribution in [2.45, 2.75) is 45.1 Å². The summed E-state index contributed by atoms with van der Waals surface area (Å²) in [5, 5.41) is 0. The number of imidazole rings is 1. The first kappa shape index (κ1) is 13.4. The maximum atomic E-state index is 5.56. The Morgan fingerprint density at radius 1 is 1.40 bits per heavy atom. The molecule has 1 atom stereocenters. The monoisotopic (exact) mass is 272 g/mol. The van der Waals surface area contributed by atoms with Gasteiger partial charge >= 0.3 is 0 Å². The van der Waals surface area contributed by atoms with Gasteiger partial charge in [-0.1, -0.05) is 0 Å². The molecule has 3 N–H and O–H groups in total. The molecule has 1 unspecified atom stereocenters. The van der Waals surface area contributed by atoms with Crippen LogP contribution in [0, 0.1) is 0 Å². The number of fused-ring (bicyclic) bond motifs is 1. The van der Waals surface area contributed by atoms with Crippen molar-refractivity contribution in [3.63, 3.8) is 0 Å². The summed E-state index contributed by atoms with van der Waals surface area (Å²) >= 11 is 0. The average Bonchev–Trinajstić information content (AvgIpc) is 2.87. The Kier molecular flexibility index (Phi) is 3.92. The van der Waals surface area contributed by atoms with Crippen molar-refractivity contribution in [1.29, 1.82) is 0 Å². The van der Waals surface area contributed by atoms with Crippen molar-refractivity contribution in [3.05, 3.63) is 24.0 Å². The predicted octanol–water partition coefficient (Wildman–Crippen LogP) is 2.83. The number of aromatic nitrogens is 2. The molecule has 4 heteroatoms. The molecular weight excluding hydrogens is 248 g/mol. The third-order valence-corrected chi connectivity index (χ3v) is 4.27. The van der Waals surface area contributed by atoms with Crippen molar-refractivity contribution >= 4 is 16.7 Å². The zero-order valence-corrected chi connectivity index (χ0v) is 12.2. The highest BCUT2D eigenvalue weighted by Gasteiger charge is 2.19. The number of nitrogens with zero attached hydrogens (tertiary/aromatic N) is 2. The fourth-order valence-corrected chi connectivity index (χ4v) is 3.10. The molecule has 2 heterocycles. The smallest absolute Gasteiger partial charge is 0.107 e. The molecule has 1 aliphatic rings. The molecule has 1 aromatic carbocycles. The molecule has 0 amide bonds. The van der Waals surface area contributed by atoms with E-state index in [1.807, 2.05) is 0 Å². The van der Waals surface area contributed by atoms with Crippen LogP contribution < -0.4 is 10.6 Å². The van der Waals surface area contributed by atoms with Gasteiger partial charge in [0.1, 0.15) is 5.82 Å². The van der Waals surface area contributed by atoms with E-state index in [2.05, 4.69) is 40.0 Å². The number of hydrogen-bond donors (Lipinski definition) is 2. The minimum absolute atomic E-state index is 0.640. The number of piperidine rings is 1. The summed E-state index contributed by atoms with van der Waals surface area (Å²) in [6.07, 6.45) is 5.86. The normalized spacial score (nSPS) is 19.7. The molecule has 0 radical (unpaired) electrons. The summed E-state index contributed by atoms with van der Waals surface area (Å²) < 4.78 is 0. The highest BCUT2D eigenvalue weighted by molar-refractivity contribution is 5.79. The van der Waals surface area contributed by atoms with Crippen LogP contribution in [0.15, 0.2) is 18.2 Å². The number of nitrogens with two attached hydrogens (primary N) is 1. The first-order valence-electron chi connectivity index (χ1n) is 7.73. The standard InChI is InChI=1S/C16H24N4/c1-12-5-2-3-10-20(12)13-7-8-14-15(11-13)19-16(18-14)6-4-9-17/h7-8,11-12H,2-6,9-10,17H2,1H3,(H,18,19). The van der Waals surface area contributed by atoms with Gasteiger partial charge in [-0.2, -0.15) is 0 Å². The Hall–Kier alpha value is -1.55. The number of benzene rings is 1. The lowest BCUT2D eigenvalue weighted by Crippen LogP contribution is -2.37. The van der Waals surface area contributed by atoms with Crippen LogP contribution >= 0.6 is 0 Å². The topological polar surface area (TPSA) is 57.9 Å². The Morgan fingerprint density at radius 2 is 2.30 bits per heavy atom. The van der Waals surface area contributed by atoms with Crippen LogP contribution in [-0.4, -0.2) is 29.1 Å². The van der Waals surface area contributed by atoms with Crippen LogP contribution in [0.2, 0.25) is 0 Å². The third kappa shape index (κ3) is 2.66. The molecule has 2 aromatic rings. The van der Waals surface area contributed by atoms with Crippen molar-refractivity contribution < 1.29 is 0 Å². The SMILES string of the molecule is CC1CCCCN1c1ccc2nc(CCCN)[nH]c2c1. The molecule has 0 aliphatic carbocycles. The first-order chi connectivity index (χ1) is 9.78. The van der Waals surface area contributed by atoms with Crippen LogP contribution in [0.4, 0.5) is 5.69 Å². The fraction of sp³-hybridized carbons (Fsp3) is 0.562. The summed E-state index contributed by atoms with van der Waals surface area (Å²) in [5.74, 6) is 1.05. The third-order valence-electron chi connectivity index (χ3n) is 4.27. The van der Waals surface area contributed by atoms with E-state index in [0.717, 1.165) is 29.7 Å². The van der Waals surface area contributed by atoms with Gasteiger partial charge in [0.2, 0.25) is 0 Å². The van der Waals surface area contributed by atoms with Crippen LogP contribution in [0.3, 0.4) is 0 Å². The molecule has 20 heavy (non-hydrogen) atoms. The summed E-state index contributed by atoms with van der Waals surface area (Å²) in [5.41, 5.74) is 9.08. The second-order valence-electron chi connectivity index (χ2n) is 5.82. The summed E-state index contributed by atoms with van der Waals surface area (Å²) in [6, 6.07) is 7.23. The Balaban J connectivity index is 1.85. The first-order valence-corrected chi connectivity index (χ1v) is 7.73. The lowest BCUT2D eigenvalue weighted by atomic mass is 10.0. The number of hydrogen-bond acceptors (Lipinski definition) is 3. The van der Waals surface area contributed by atoms with E-state index < -0.39 is 0 Å². The van der Waals surface area contributed by atoms with Gasteiger partial charge in [-0.15, -0.1) is 0 Å². The molecule has 3 rings (SSSR count). The van der Waals surface area contributed by atoms with E-state index in [1.54, 1.807) is 0 Å². The van der Waals surface area contributed by atoms with E-state index in [4.69, 9.17) is 5.73 Å². The maximum Gasteiger partial charge on any atom is 0.107 e. The van der Waals surface area contributed by atoms with Crippen molar-refractivity contribution in [2.75, 3.05) is 18.0 Å². The number of aromatic amines is 1. The molecular formula is C16H24N4. The van der Waals surface area contributed by atoms with Crippen LogP contribution in [0.1, 0.15) is 38.4 Å². The number of H-pyrrole nitrogens is 1. The minimum atomic E-state index is 0.640. The van der Waals surface area contributed by atoms with Gasteiger partial charge < -0.3 is 15.6 Å². The van der Waals surface area contributed by atoms with Gasteiger partial charge in [0.15, 0.2) is 0 Å². The van der Waals surface area contributed by atoms with Crippen molar-refractivity contribution in [3.8, 4) is 0 Å². The van der Waals surface area contributed by atoms with Crippen LogP contribution in [-0.2, 0) is 6.42 Å². The molecule has 1 fully saturated rings. The van der Waals surface area contributed by atoms with Crippen LogP contribution in [0.25, 0.3) is 11.0 Å². The molecule has 108 valence electrons. The van der Waals surface area contributed by atoms with Gasteiger partial charge in [0.25, 0.3) is 0 Å². The molecule has 4 nitrogen and oxygen atoms in total. The van der Waals surface area contributed by atoms with Gasteiger partial charge in [-0.3, -0.25) is 0 Å². The van der Waals surface area contributed by atoms with Gasteiger partial charge in [0, 0.05) is 24.7 Å². The lowest BCUT2D eigenvalue weighted by molar-refractivity contribution is 0.485. The highest BCUT2D eigenvalue weighted by atomic mass is 15.2. The Morgan fingerprint density at radius 3 is 3.10 bits per heavy atom. The largest absolute Gasteiger partial charge is 0.369 e. The number of aryl methyl sites for hydroxylation is 1. The molecule has 1 aromatic heterocycles. The number of anilines is 1. The van der Waals surface area contributed by atoms with Crippen molar-refractivity contribution in [2.24, 2.45) is 5.73 Å². The summed E-state index contributed by atoms with van der Waals surface area (Å²) in [6.45, 7) is 4.21. The quantitative estimate of drug-likeness (QED) is 0.899. The van der Waals surface area contributed by atoms with Gasteiger partial charge in [-0.25, -0.2) is 4.98 Å². The molecule has 0 spiro atoms. The molecule has 0 saturated carbocycles. The zero-order chi connectivity index (χ0) is 13.9. The van der Waals surface area contributed by atoms with E-state index in [0.29, 0.717) is 12.6 Å². The van der Waals surface area contributed by atoms with Gasteiger partial charge in [-0.05, 0) is 57.4 Å². The summed E-state index contributed by atoms with van der Waals surface area (Å²) in [7, 11) is 0. The summed E-state index contributed by atoms with van der Waals surface area (Å²) in [4.78, 5) is 10.6. The van der Waals surface area contributed by atoms with E-state index in [1.165, 1.54) is 31.5 Å². The van der Waals surface area contributed by atoms with Gasteiger partial charge in [0.05, 0.1) is 11.0 Å². The molecule has 0 bridgehead atoms. The highest BCUT2D eigenvalue weighted by Crippen LogP contribution is 2.27. The minimum Gasteiger partial charge on any atom is -0.369 e. The fourth-order valence-electron chi connectivity index (χ4n) is 3.10. The molecule has 1 saturated heterocycles. The lowest BCUT2D eigenvalue weighted by Gasteiger charge is -2.35. The number of nitrogens with one attached hydrogen (secondary N) is 1. The van der Waals surface area contributed by atoms with E-state index >= 15 is 0 Å². The maximum absolute atomic E-state index is 5.56. The number of rotatable bonds is 4. The second-order valence-corrected chi connectivity index (χ2v) is 5.82. The van der Waals surface area contributed by atoms with Crippen LogP contribution in [0.5, 0.6) is 0 Å². The second kappa shape index (κ2) is 5.83. The Bertz CT molecular complexity index is 575. The molecule has 1 aliphatic heterocycles. The predicted molar refractivity (Wildman–Crippen MR) is 84.1 cm³/mol. The van der Waals surface area contributed by atoms with E-state index in [9.17, 15) is 0 Å². The average molecular weight is 272 g/mol. The van der Waals surface area contributed by atoms with E-state index in [-0.39, 0.29) is 0 Å². The Labute approximate surface area is 120 Å². The van der Waals surface area contributed by atoms with Crippen molar-refractivity contribution in [1.82, 2.24) is 9.97 Å².